The van der Waals surface area contributed by atoms with Crippen molar-refractivity contribution < 1.29 is 4.79 Å². The lowest BCUT2D eigenvalue weighted by atomic mass is 9.94. The Morgan fingerprint density at radius 3 is 2.37 bits per heavy atom. The van der Waals surface area contributed by atoms with Gasteiger partial charge in [-0.1, -0.05) is 60.7 Å². The fraction of sp³-hybridized carbons (Fsp3) is 0.120. The van der Waals surface area contributed by atoms with Crippen molar-refractivity contribution in [1.29, 1.82) is 0 Å². The van der Waals surface area contributed by atoms with Gasteiger partial charge in [0.2, 0.25) is 5.91 Å². The zero-order chi connectivity index (χ0) is 20.5. The van der Waals surface area contributed by atoms with Crippen LogP contribution in [-0.4, -0.2) is 22.2 Å². The van der Waals surface area contributed by atoms with Crippen LogP contribution in [0.5, 0.6) is 0 Å². The lowest BCUT2D eigenvalue weighted by Crippen LogP contribution is -2.33. The molecular formula is C25H22N4O. The van der Waals surface area contributed by atoms with Gasteiger partial charge in [0.1, 0.15) is 5.69 Å². The van der Waals surface area contributed by atoms with Crippen molar-refractivity contribution in [2.24, 2.45) is 5.73 Å². The van der Waals surface area contributed by atoms with Crippen molar-refractivity contribution in [2.45, 2.75) is 13.0 Å². The summed E-state index contributed by atoms with van der Waals surface area (Å²) < 4.78 is 1.91. The minimum Gasteiger partial charge on any atom is -0.330 e. The van der Waals surface area contributed by atoms with Crippen LogP contribution in [0, 0.1) is 0 Å². The number of nitrogens with zero attached hydrogens (tertiary/aromatic N) is 3. The second kappa shape index (κ2) is 7.61. The van der Waals surface area contributed by atoms with Gasteiger partial charge in [0.15, 0.2) is 0 Å². The lowest BCUT2D eigenvalue weighted by molar-refractivity contribution is -0.118. The van der Waals surface area contributed by atoms with Crippen LogP contribution in [0.2, 0.25) is 0 Å². The molecule has 4 aromatic rings. The molecule has 5 rings (SSSR count). The molecule has 2 heterocycles. The van der Waals surface area contributed by atoms with Gasteiger partial charge in [-0.15, -0.1) is 0 Å². The van der Waals surface area contributed by atoms with Gasteiger partial charge < -0.3 is 10.6 Å². The Balaban J connectivity index is 1.78. The number of fused-ring (bicyclic) bond motifs is 5. The molecule has 0 fully saturated rings. The fourth-order valence-corrected chi connectivity index (χ4v) is 4.05. The molecule has 0 radical (unpaired) electrons. The summed E-state index contributed by atoms with van der Waals surface area (Å²) in [6.07, 6.45) is 2.36. The normalized spacial score (nSPS) is 12.4. The minimum absolute atomic E-state index is 0.0265. The van der Waals surface area contributed by atoms with Gasteiger partial charge in [0.25, 0.3) is 0 Å². The predicted octanol–water partition coefficient (Wildman–Crippen LogP) is 4.40. The highest BCUT2D eigenvalue weighted by Crippen LogP contribution is 2.41. The number of benzene rings is 3. The maximum atomic E-state index is 13.0. The molecule has 1 amide bonds. The second-order valence-corrected chi connectivity index (χ2v) is 7.36. The van der Waals surface area contributed by atoms with Gasteiger partial charge in [-0.25, -0.2) is 4.68 Å². The molecular weight excluding hydrogens is 372 g/mol. The van der Waals surface area contributed by atoms with E-state index in [0.717, 1.165) is 39.3 Å². The summed E-state index contributed by atoms with van der Waals surface area (Å²) in [6.45, 7) is 0.819. The number of hydrogen-bond donors (Lipinski definition) is 1. The summed E-state index contributed by atoms with van der Waals surface area (Å²) in [5, 5.41) is 4.96. The van der Waals surface area contributed by atoms with E-state index < -0.39 is 0 Å². The van der Waals surface area contributed by atoms with Gasteiger partial charge in [-0.2, -0.15) is 5.10 Å². The Morgan fingerprint density at radius 1 is 0.867 bits per heavy atom. The molecule has 1 aromatic heterocycles. The van der Waals surface area contributed by atoms with Crippen molar-refractivity contribution in [1.82, 2.24) is 9.78 Å². The summed E-state index contributed by atoms with van der Waals surface area (Å²) in [6, 6.07) is 26.3. The van der Waals surface area contributed by atoms with Crippen molar-refractivity contribution in [3.05, 3.63) is 90.6 Å². The highest BCUT2D eigenvalue weighted by atomic mass is 16.2. The first-order valence-electron chi connectivity index (χ1n) is 10.1. The van der Waals surface area contributed by atoms with Crippen molar-refractivity contribution in [2.75, 3.05) is 11.4 Å². The average molecular weight is 394 g/mol. The summed E-state index contributed by atoms with van der Waals surface area (Å²) in [5.41, 5.74) is 12.6. The Bertz CT molecular complexity index is 1210. The molecule has 0 saturated heterocycles. The highest BCUT2D eigenvalue weighted by molar-refractivity contribution is 6.00. The van der Waals surface area contributed by atoms with Crippen LogP contribution in [-0.2, 0) is 11.3 Å². The molecule has 2 N–H and O–H groups in total. The van der Waals surface area contributed by atoms with Crippen molar-refractivity contribution in [3.8, 4) is 28.1 Å². The van der Waals surface area contributed by atoms with Gasteiger partial charge in [0, 0.05) is 35.9 Å². The maximum Gasteiger partial charge on any atom is 0.228 e. The fourth-order valence-electron chi connectivity index (χ4n) is 4.05. The summed E-state index contributed by atoms with van der Waals surface area (Å²) in [7, 11) is 0. The summed E-state index contributed by atoms with van der Waals surface area (Å²) >= 11 is 0. The summed E-state index contributed by atoms with van der Waals surface area (Å²) in [4.78, 5) is 14.9. The second-order valence-electron chi connectivity index (χ2n) is 7.36. The zero-order valence-corrected chi connectivity index (χ0v) is 16.5. The molecule has 0 bridgehead atoms. The SMILES string of the molecule is NCCC(=O)N1Cc2ccccc2-c2nn(-c3ccccc3)cc2-c2ccccc21. The van der Waals surface area contributed by atoms with Gasteiger partial charge >= 0.3 is 0 Å². The first-order chi connectivity index (χ1) is 14.8. The highest BCUT2D eigenvalue weighted by Gasteiger charge is 2.27. The summed E-state index contributed by atoms with van der Waals surface area (Å²) in [5.74, 6) is 0.0265. The number of hydrogen-bond acceptors (Lipinski definition) is 3. The lowest BCUT2D eigenvalue weighted by Gasteiger charge is -2.28. The third kappa shape index (κ3) is 3.09. The van der Waals surface area contributed by atoms with Gasteiger partial charge in [0.05, 0.1) is 17.9 Å². The van der Waals surface area contributed by atoms with E-state index in [9.17, 15) is 4.79 Å². The Morgan fingerprint density at radius 2 is 1.57 bits per heavy atom. The third-order valence-electron chi connectivity index (χ3n) is 5.48. The van der Waals surface area contributed by atoms with Crippen LogP contribution >= 0.6 is 0 Å². The maximum absolute atomic E-state index is 13.0. The number of aromatic nitrogens is 2. The number of para-hydroxylation sites is 2. The molecule has 0 spiro atoms. The zero-order valence-electron chi connectivity index (χ0n) is 16.5. The van der Waals surface area contributed by atoms with Gasteiger partial charge in [-0.05, 0) is 23.8 Å². The van der Waals surface area contributed by atoms with E-state index >= 15 is 0 Å². The Kier molecular flexibility index (Phi) is 4.65. The van der Waals surface area contributed by atoms with Crippen LogP contribution in [0.4, 0.5) is 5.69 Å². The molecule has 5 nitrogen and oxygen atoms in total. The van der Waals surface area contributed by atoms with Crippen LogP contribution in [0.1, 0.15) is 12.0 Å². The number of carbonyl (C=O) groups is 1. The van der Waals surface area contributed by atoms with E-state index in [1.807, 2.05) is 70.2 Å². The molecule has 5 heteroatoms. The minimum atomic E-state index is 0.0265. The molecule has 3 aromatic carbocycles. The van der Waals surface area contributed by atoms with E-state index in [-0.39, 0.29) is 5.91 Å². The molecule has 148 valence electrons. The quantitative estimate of drug-likeness (QED) is 0.560. The Labute approximate surface area is 175 Å². The molecule has 30 heavy (non-hydrogen) atoms. The first-order valence-corrected chi connectivity index (χ1v) is 10.1. The molecule has 0 saturated carbocycles. The standard InChI is InChI=1S/C25H22N4O/c26-15-14-24(30)28-16-18-8-4-5-11-20(18)25-22(21-12-6-7-13-23(21)28)17-29(27-25)19-9-2-1-3-10-19/h1-13,17H,14-16,26H2. The molecule has 0 aliphatic carbocycles. The van der Waals surface area contributed by atoms with E-state index in [0.29, 0.717) is 19.5 Å². The van der Waals surface area contributed by atoms with Gasteiger partial charge in [-0.3, -0.25) is 4.79 Å². The monoisotopic (exact) mass is 394 g/mol. The largest absolute Gasteiger partial charge is 0.330 e. The average Bonchev–Trinajstić information content (AvgIpc) is 3.22. The van der Waals surface area contributed by atoms with E-state index in [4.69, 9.17) is 10.8 Å². The molecule has 1 aliphatic heterocycles. The van der Waals surface area contributed by atoms with E-state index in [2.05, 4.69) is 24.4 Å². The topological polar surface area (TPSA) is 64.2 Å². The molecule has 0 unspecified atom stereocenters. The smallest absolute Gasteiger partial charge is 0.228 e. The molecule has 1 aliphatic rings. The number of rotatable bonds is 3. The van der Waals surface area contributed by atoms with Crippen molar-refractivity contribution in [3.63, 3.8) is 0 Å². The van der Waals surface area contributed by atoms with Crippen LogP contribution in [0.25, 0.3) is 28.1 Å². The van der Waals surface area contributed by atoms with Crippen LogP contribution in [0.15, 0.2) is 85.1 Å². The van der Waals surface area contributed by atoms with E-state index in [1.165, 1.54) is 0 Å². The number of nitrogens with two attached hydrogens (primary N) is 1. The van der Waals surface area contributed by atoms with Crippen LogP contribution < -0.4 is 10.6 Å². The first kappa shape index (κ1) is 18.3. The van der Waals surface area contributed by atoms with E-state index in [1.54, 1.807) is 0 Å². The number of carbonyl (C=O) groups excluding carboxylic acids is 1. The van der Waals surface area contributed by atoms with Crippen LogP contribution in [0.3, 0.4) is 0 Å². The number of anilines is 1. The third-order valence-corrected chi connectivity index (χ3v) is 5.48. The van der Waals surface area contributed by atoms with Crippen molar-refractivity contribution >= 4 is 11.6 Å². The predicted molar refractivity (Wildman–Crippen MR) is 119 cm³/mol. The number of amides is 1. The molecule has 0 atom stereocenters. The Hall–Kier alpha value is -3.70.